The van der Waals surface area contributed by atoms with Crippen molar-refractivity contribution in [1.29, 1.82) is 0 Å². The first kappa shape index (κ1) is 27.2. The molecule has 0 spiro atoms. The molecule has 0 radical (unpaired) electrons. The van der Waals surface area contributed by atoms with Crippen molar-refractivity contribution in [3.63, 3.8) is 0 Å². The molecule has 1 aromatic rings. The number of imidazole rings is 1. The monoisotopic (exact) mass is 419 g/mol. The van der Waals surface area contributed by atoms with Crippen molar-refractivity contribution in [2.75, 3.05) is 0 Å². The lowest BCUT2D eigenvalue weighted by atomic mass is 10.0. The van der Waals surface area contributed by atoms with E-state index in [2.05, 4.69) is 42.3 Å². The minimum atomic E-state index is 1.17. The van der Waals surface area contributed by atoms with Crippen LogP contribution in [0.5, 0.6) is 0 Å². The van der Waals surface area contributed by atoms with E-state index in [9.17, 15) is 0 Å². The van der Waals surface area contributed by atoms with Crippen LogP contribution in [0, 0.1) is 0 Å². The molecular weight excluding hydrogens is 364 g/mol. The first-order valence-corrected chi connectivity index (χ1v) is 13.9. The van der Waals surface area contributed by atoms with Crippen LogP contribution in [0.2, 0.25) is 0 Å². The molecule has 2 heteroatoms. The number of aryl methyl sites for hydroxylation is 2. The van der Waals surface area contributed by atoms with Gasteiger partial charge in [-0.2, -0.15) is 0 Å². The number of hydrogen-bond acceptors (Lipinski definition) is 0. The third-order valence-electron chi connectivity index (χ3n) is 6.56. The predicted molar refractivity (Wildman–Crippen MR) is 133 cm³/mol. The summed E-state index contributed by atoms with van der Waals surface area (Å²) in [5.41, 5.74) is 0. The van der Waals surface area contributed by atoms with Crippen LogP contribution in [0.4, 0.5) is 0 Å². The highest BCUT2D eigenvalue weighted by Gasteiger charge is 2.15. The molecule has 0 N–H and O–H groups in total. The fourth-order valence-corrected chi connectivity index (χ4v) is 4.62. The second-order valence-corrected chi connectivity index (χ2v) is 9.51. The first-order chi connectivity index (χ1) is 14.8. The Bertz CT molecular complexity index is 477. The summed E-state index contributed by atoms with van der Waals surface area (Å²) in [6.07, 6.45) is 32.8. The molecule has 0 bridgehead atoms. The van der Waals surface area contributed by atoms with Crippen molar-refractivity contribution in [2.45, 2.75) is 162 Å². The van der Waals surface area contributed by atoms with Gasteiger partial charge in [-0.1, -0.05) is 117 Å². The van der Waals surface area contributed by atoms with Gasteiger partial charge in [-0.3, -0.25) is 0 Å². The summed E-state index contributed by atoms with van der Waals surface area (Å²) in [7, 11) is 0. The van der Waals surface area contributed by atoms with Gasteiger partial charge in [0, 0.05) is 6.42 Å². The van der Waals surface area contributed by atoms with Crippen molar-refractivity contribution in [3.05, 3.63) is 18.2 Å². The molecule has 0 atom stereocenters. The highest BCUT2D eigenvalue weighted by Crippen LogP contribution is 2.14. The lowest BCUT2D eigenvalue weighted by molar-refractivity contribution is -0.703. The molecule has 0 saturated heterocycles. The highest BCUT2D eigenvalue weighted by molar-refractivity contribution is 4.84. The third kappa shape index (κ3) is 13.5. The lowest BCUT2D eigenvalue weighted by Gasteiger charge is -2.05. The predicted octanol–water partition coefficient (Wildman–Crippen LogP) is 8.79. The smallest absolute Gasteiger partial charge is 0.234 e. The Morgan fingerprint density at radius 1 is 0.567 bits per heavy atom. The second-order valence-electron chi connectivity index (χ2n) is 9.51. The minimum Gasteiger partial charge on any atom is -0.234 e. The van der Waals surface area contributed by atoms with Gasteiger partial charge in [-0.25, -0.2) is 9.13 Å². The van der Waals surface area contributed by atoms with Crippen molar-refractivity contribution >= 4 is 0 Å². The fraction of sp³-hybridized carbons (Fsp3) is 0.893. The van der Waals surface area contributed by atoms with Crippen LogP contribution in [0.15, 0.2) is 12.4 Å². The zero-order chi connectivity index (χ0) is 21.7. The van der Waals surface area contributed by atoms with E-state index < -0.39 is 0 Å². The van der Waals surface area contributed by atoms with E-state index in [0.717, 1.165) is 0 Å². The normalized spacial score (nSPS) is 11.4. The van der Waals surface area contributed by atoms with E-state index >= 15 is 0 Å². The van der Waals surface area contributed by atoms with Crippen LogP contribution in [0.25, 0.3) is 0 Å². The Morgan fingerprint density at radius 2 is 1.03 bits per heavy atom. The number of unbranched alkanes of at least 4 members (excludes halogenated alkanes) is 16. The van der Waals surface area contributed by atoms with Gasteiger partial charge in [0.1, 0.15) is 12.4 Å². The van der Waals surface area contributed by atoms with Crippen LogP contribution in [0.3, 0.4) is 0 Å². The van der Waals surface area contributed by atoms with Crippen LogP contribution in [0.1, 0.15) is 149 Å². The summed E-state index contributed by atoms with van der Waals surface area (Å²) in [5, 5.41) is 0. The van der Waals surface area contributed by atoms with Gasteiger partial charge < -0.3 is 0 Å². The standard InChI is InChI=1S/C28H55N2/c1-4-7-9-10-11-12-13-14-15-16-17-18-19-20-22-25-30-27-26-29(24-6-3)28(30)23-21-8-5-2/h26-27H,4-25H2,1-3H3/q+1. The molecule has 0 fully saturated rings. The molecule has 0 aliphatic rings. The molecule has 0 aromatic carbocycles. The molecule has 2 nitrogen and oxygen atoms in total. The molecule has 0 aliphatic carbocycles. The zero-order valence-electron chi connectivity index (χ0n) is 21.1. The van der Waals surface area contributed by atoms with E-state index in [1.54, 1.807) is 5.82 Å². The Labute approximate surface area is 189 Å². The van der Waals surface area contributed by atoms with Gasteiger partial charge in [0.25, 0.3) is 5.82 Å². The van der Waals surface area contributed by atoms with E-state index in [-0.39, 0.29) is 0 Å². The van der Waals surface area contributed by atoms with Crippen LogP contribution in [-0.2, 0) is 19.5 Å². The number of rotatable bonds is 22. The Morgan fingerprint density at radius 3 is 1.53 bits per heavy atom. The highest BCUT2D eigenvalue weighted by atomic mass is 15.1. The second kappa shape index (κ2) is 20.1. The largest absolute Gasteiger partial charge is 0.256 e. The van der Waals surface area contributed by atoms with E-state index in [1.807, 2.05) is 0 Å². The average molecular weight is 420 g/mol. The quantitative estimate of drug-likeness (QED) is 0.131. The molecule has 176 valence electrons. The Hall–Kier alpha value is -0.790. The molecule has 0 amide bonds. The van der Waals surface area contributed by atoms with E-state index in [4.69, 9.17) is 0 Å². The summed E-state index contributed by atoms with van der Waals surface area (Å²) in [6.45, 7) is 9.28. The molecule has 1 rings (SSSR count). The Kier molecular flexibility index (Phi) is 18.3. The van der Waals surface area contributed by atoms with E-state index in [1.165, 1.54) is 142 Å². The summed E-state index contributed by atoms with van der Waals surface area (Å²) in [4.78, 5) is 0. The topological polar surface area (TPSA) is 8.81 Å². The summed E-state index contributed by atoms with van der Waals surface area (Å²) in [6, 6.07) is 0. The number of aromatic nitrogens is 2. The molecule has 0 aliphatic heterocycles. The third-order valence-corrected chi connectivity index (χ3v) is 6.56. The maximum atomic E-state index is 2.55. The maximum absolute atomic E-state index is 2.55. The molecule has 1 aromatic heterocycles. The van der Waals surface area contributed by atoms with Crippen molar-refractivity contribution in [2.24, 2.45) is 0 Å². The summed E-state index contributed by atoms with van der Waals surface area (Å²) < 4.78 is 5.05. The fourth-order valence-electron chi connectivity index (χ4n) is 4.62. The van der Waals surface area contributed by atoms with Crippen LogP contribution < -0.4 is 4.57 Å². The van der Waals surface area contributed by atoms with E-state index in [0.29, 0.717) is 0 Å². The van der Waals surface area contributed by atoms with Crippen LogP contribution >= 0.6 is 0 Å². The maximum Gasteiger partial charge on any atom is 0.256 e. The SMILES string of the molecule is CCCCCCCCCCCCCCCCCn1cc[n+](CCC)c1CCCCC. The van der Waals surface area contributed by atoms with Gasteiger partial charge in [0.15, 0.2) is 0 Å². The average Bonchev–Trinajstić information content (AvgIpc) is 3.13. The molecule has 1 heterocycles. The van der Waals surface area contributed by atoms with Crippen LogP contribution in [-0.4, -0.2) is 4.57 Å². The molecule has 0 saturated carbocycles. The van der Waals surface area contributed by atoms with Crippen molar-refractivity contribution in [1.82, 2.24) is 4.57 Å². The number of hydrogen-bond donors (Lipinski definition) is 0. The van der Waals surface area contributed by atoms with Crippen molar-refractivity contribution < 1.29 is 4.57 Å². The lowest BCUT2D eigenvalue weighted by Crippen LogP contribution is -2.37. The summed E-state index contributed by atoms with van der Waals surface area (Å²) >= 11 is 0. The van der Waals surface area contributed by atoms with Crippen molar-refractivity contribution in [3.8, 4) is 0 Å². The van der Waals surface area contributed by atoms with Gasteiger partial charge in [0.05, 0.1) is 13.1 Å². The summed E-state index contributed by atoms with van der Waals surface area (Å²) in [5.74, 6) is 1.57. The number of nitrogens with zero attached hydrogens (tertiary/aromatic N) is 2. The zero-order valence-corrected chi connectivity index (χ0v) is 21.1. The molecular formula is C28H55N2+. The van der Waals surface area contributed by atoms with Gasteiger partial charge >= 0.3 is 0 Å². The first-order valence-electron chi connectivity index (χ1n) is 13.9. The molecule has 30 heavy (non-hydrogen) atoms. The van der Waals surface area contributed by atoms with Gasteiger partial charge in [0.2, 0.25) is 0 Å². The Balaban J connectivity index is 2.01. The minimum absolute atomic E-state index is 1.17. The molecule has 0 unspecified atom stereocenters. The van der Waals surface area contributed by atoms with Gasteiger partial charge in [-0.15, -0.1) is 0 Å². The van der Waals surface area contributed by atoms with Gasteiger partial charge in [-0.05, 0) is 25.7 Å².